The van der Waals surface area contributed by atoms with E-state index in [1.807, 2.05) is 18.2 Å². The molecule has 0 saturated carbocycles. The lowest BCUT2D eigenvalue weighted by Crippen LogP contribution is -2.45. The fourth-order valence-electron chi connectivity index (χ4n) is 3.20. The molecule has 1 heterocycles. The second-order valence-corrected chi connectivity index (χ2v) is 5.72. The Morgan fingerprint density at radius 3 is 2.74 bits per heavy atom. The van der Waals surface area contributed by atoms with Crippen LogP contribution in [0, 0.1) is 5.41 Å². The van der Waals surface area contributed by atoms with Crippen molar-refractivity contribution in [2.75, 3.05) is 13.1 Å². The first-order valence-corrected chi connectivity index (χ1v) is 7.55. The smallest absolute Gasteiger partial charge is 0.140 e. The Balaban J connectivity index is 1.96. The number of rotatable bonds is 6. The summed E-state index contributed by atoms with van der Waals surface area (Å²) in [7, 11) is 0. The van der Waals surface area contributed by atoms with E-state index in [1.54, 1.807) is 0 Å². The Hall–Kier alpha value is -1.15. The maximum absolute atomic E-state index is 12.6. The van der Waals surface area contributed by atoms with Gasteiger partial charge in [0.1, 0.15) is 5.78 Å². The Kier molecular flexibility index (Phi) is 5.15. The van der Waals surface area contributed by atoms with Crippen molar-refractivity contribution in [2.24, 2.45) is 5.41 Å². The van der Waals surface area contributed by atoms with Crippen LogP contribution < -0.4 is 5.32 Å². The summed E-state index contributed by atoms with van der Waals surface area (Å²) in [6.45, 7) is 4.13. The fourth-order valence-corrected chi connectivity index (χ4v) is 3.20. The minimum atomic E-state index is -0.0816. The minimum absolute atomic E-state index is 0.0816. The van der Waals surface area contributed by atoms with E-state index < -0.39 is 0 Å². The van der Waals surface area contributed by atoms with E-state index in [0.29, 0.717) is 12.2 Å². The average Bonchev–Trinajstić information content (AvgIpc) is 2.47. The van der Waals surface area contributed by atoms with Gasteiger partial charge in [-0.05, 0) is 37.8 Å². The van der Waals surface area contributed by atoms with Crippen LogP contribution in [0.15, 0.2) is 30.3 Å². The molecule has 1 N–H and O–H groups in total. The normalized spacial score (nSPS) is 23.2. The van der Waals surface area contributed by atoms with E-state index in [4.69, 9.17) is 0 Å². The lowest BCUT2D eigenvalue weighted by atomic mass is 9.72. The summed E-state index contributed by atoms with van der Waals surface area (Å²) < 4.78 is 0. The number of ketones is 1. The summed E-state index contributed by atoms with van der Waals surface area (Å²) >= 11 is 0. The summed E-state index contributed by atoms with van der Waals surface area (Å²) in [5, 5.41) is 3.42. The largest absolute Gasteiger partial charge is 0.316 e. The molecule has 1 atom stereocenters. The van der Waals surface area contributed by atoms with Gasteiger partial charge in [-0.2, -0.15) is 0 Å². The van der Waals surface area contributed by atoms with Crippen molar-refractivity contribution in [3.8, 4) is 0 Å². The van der Waals surface area contributed by atoms with E-state index in [2.05, 4.69) is 24.4 Å². The molecule has 0 aliphatic carbocycles. The zero-order valence-electron chi connectivity index (χ0n) is 12.0. The molecule has 1 saturated heterocycles. The quantitative estimate of drug-likeness (QED) is 0.848. The molecule has 104 valence electrons. The second kappa shape index (κ2) is 6.85. The van der Waals surface area contributed by atoms with Gasteiger partial charge in [0.25, 0.3) is 0 Å². The zero-order valence-corrected chi connectivity index (χ0v) is 12.0. The van der Waals surface area contributed by atoms with Gasteiger partial charge in [-0.15, -0.1) is 0 Å². The molecule has 0 spiro atoms. The van der Waals surface area contributed by atoms with E-state index in [1.165, 1.54) is 5.56 Å². The first-order valence-electron chi connectivity index (χ1n) is 7.55. The molecule has 1 aliphatic heterocycles. The van der Waals surface area contributed by atoms with Crippen molar-refractivity contribution in [3.05, 3.63) is 35.9 Å². The van der Waals surface area contributed by atoms with Crippen molar-refractivity contribution in [1.82, 2.24) is 5.32 Å². The number of nitrogens with one attached hydrogen (secondary N) is 1. The highest BCUT2D eigenvalue weighted by Gasteiger charge is 2.37. The van der Waals surface area contributed by atoms with Crippen molar-refractivity contribution in [3.63, 3.8) is 0 Å². The molecule has 19 heavy (non-hydrogen) atoms. The van der Waals surface area contributed by atoms with Crippen LogP contribution in [0.5, 0.6) is 0 Å². The maximum atomic E-state index is 12.6. The number of hydrogen-bond acceptors (Lipinski definition) is 2. The predicted octanol–water partition coefficient (Wildman–Crippen LogP) is 3.36. The van der Waals surface area contributed by atoms with Gasteiger partial charge >= 0.3 is 0 Å². The average molecular weight is 259 g/mol. The number of aryl methyl sites for hydroxylation is 1. The van der Waals surface area contributed by atoms with E-state index in [-0.39, 0.29) is 5.41 Å². The Morgan fingerprint density at radius 1 is 1.32 bits per heavy atom. The Morgan fingerprint density at radius 2 is 2.11 bits per heavy atom. The molecular formula is C17H25NO. The summed E-state index contributed by atoms with van der Waals surface area (Å²) in [4.78, 5) is 12.6. The third-order valence-electron chi connectivity index (χ3n) is 4.28. The van der Waals surface area contributed by atoms with Gasteiger partial charge in [0.05, 0.1) is 0 Å². The van der Waals surface area contributed by atoms with Crippen molar-refractivity contribution < 1.29 is 4.79 Å². The Labute approximate surface area is 116 Å². The van der Waals surface area contributed by atoms with E-state index in [9.17, 15) is 4.79 Å². The molecule has 0 aromatic heterocycles. The van der Waals surface area contributed by atoms with Crippen LogP contribution in [0.3, 0.4) is 0 Å². The summed E-state index contributed by atoms with van der Waals surface area (Å²) in [5.74, 6) is 0.463. The molecule has 1 unspecified atom stereocenters. The monoisotopic (exact) mass is 259 g/mol. The molecule has 1 fully saturated rings. The van der Waals surface area contributed by atoms with Gasteiger partial charge in [-0.3, -0.25) is 4.79 Å². The summed E-state index contributed by atoms with van der Waals surface area (Å²) in [6.07, 6.45) is 5.90. The fraction of sp³-hybridized carbons (Fsp3) is 0.588. The third kappa shape index (κ3) is 3.66. The van der Waals surface area contributed by atoms with Gasteiger partial charge in [-0.25, -0.2) is 0 Å². The van der Waals surface area contributed by atoms with Crippen molar-refractivity contribution in [1.29, 1.82) is 0 Å². The molecule has 0 bridgehead atoms. The molecular weight excluding hydrogens is 234 g/mol. The van der Waals surface area contributed by atoms with Crippen LogP contribution in [-0.4, -0.2) is 18.9 Å². The molecule has 2 heteroatoms. The van der Waals surface area contributed by atoms with Gasteiger partial charge in [0, 0.05) is 18.4 Å². The van der Waals surface area contributed by atoms with Gasteiger partial charge in [0.15, 0.2) is 0 Å². The first-order chi connectivity index (χ1) is 9.27. The minimum Gasteiger partial charge on any atom is -0.316 e. The number of carbonyl (C=O) groups is 1. The Bertz CT molecular complexity index is 387. The highest BCUT2D eigenvalue weighted by Crippen LogP contribution is 2.34. The van der Waals surface area contributed by atoms with Crippen LogP contribution in [0.4, 0.5) is 0 Å². The zero-order chi connectivity index (χ0) is 13.6. The van der Waals surface area contributed by atoms with Gasteiger partial charge in [-0.1, -0.05) is 43.7 Å². The molecule has 1 aromatic rings. The topological polar surface area (TPSA) is 29.1 Å². The predicted molar refractivity (Wildman–Crippen MR) is 79.2 cm³/mol. The van der Waals surface area contributed by atoms with Gasteiger partial charge in [0.2, 0.25) is 0 Å². The lowest BCUT2D eigenvalue weighted by molar-refractivity contribution is -0.130. The number of piperidine rings is 1. The van der Waals surface area contributed by atoms with Crippen LogP contribution in [0.25, 0.3) is 0 Å². The molecule has 2 nitrogen and oxygen atoms in total. The number of hydrogen-bond donors (Lipinski definition) is 1. The summed E-state index contributed by atoms with van der Waals surface area (Å²) in [6, 6.07) is 10.3. The van der Waals surface area contributed by atoms with Crippen LogP contribution >= 0.6 is 0 Å². The van der Waals surface area contributed by atoms with Crippen molar-refractivity contribution >= 4 is 5.78 Å². The number of Topliss-reactive ketones (excluding diaryl/α,β-unsaturated/α-hetero) is 1. The highest BCUT2D eigenvalue weighted by molar-refractivity contribution is 5.85. The molecule has 0 amide bonds. The first kappa shape index (κ1) is 14.3. The standard InChI is InChI=1S/C17H25NO/c1-2-11-17(12-6-13-18-14-17)16(19)10-9-15-7-4-3-5-8-15/h3-5,7-8,18H,2,6,9-14H2,1H3. The van der Waals surface area contributed by atoms with E-state index >= 15 is 0 Å². The second-order valence-electron chi connectivity index (χ2n) is 5.72. The number of benzene rings is 1. The van der Waals surface area contributed by atoms with Crippen molar-refractivity contribution in [2.45, 2.75) is 45.4 Å². The van der Waals surface area contributed by atoms with Crippen LogP contribution in [0.2, 0.25) is 0 Å². The van der Waals surface area contributed by atoms with Crippen LogP contribution in [-0.2, 0) is 11.2 Å². The van der Waals surface area contributed by atoms with Gasteiger partial charge < -0.3 is 5.32 Å². The maximum Gasteiger partial charge on any atom is 0.140 e. The van der Waals surface area contributed by atoms with Crippen LogP contribution in [0.1, 0.15) is 44.6 Å². The lowest BCUT2D eigenvalue weighted by Gasteiger charge is -2.36. The van der Waals surface area contributed by atoms with E-state index in [0.717, 1.165) is 45.2 Å². The molecule has 1 aliphatic rings. The third-order valence-corrected chi connectivity index (χ3v) is 4.28. The summed E-state index contributed by atoms with van der Waals surface area (Å²) in [5.41, 5.74) is 1.19. The molecule has 1 aromatic carbocycles. The molecule has 2 rings (SSSR count). The molecule has 0 radical (unpaired) electrons. The SMILES string of the molecule is CCCC1(C(=O)CCc2ccccc2)CCCNC1. The number of carbonyl (C=O) groups excluding carboxylic acids is 1. The highest BCUT2D eigenvalue weighted by atomic mass is 16.1.